The van der Waals surface area contributed by atoms with E-state index in [1.54, 1.807) is 13.8 Å². The van der Waals surface area contributed by atoms with Crippen molar-refractivity contribution < 1.29 is 87.2 Å². The van der Waals surface area contributed by atoms with Crippen LogP contribution in [0.2, 0.25) is 0 Å². The second-order valence-electron chi connectivity index (χ2n) is 19.7. The Morgan fingerprint density at radius 1 is 0.529 bits per heavy atom. The lowest BCUT2D eigenvalue weighted by atomic mass is 10.0. The van der Waals surface area contributed by atoms with Gasteiger partial charge in [0.25, 0.3) is 0 Å². The number of aliphatic hydroxyl groups is 1. The first-order valence-electron chi connectivity index (χ1n) is 26.2. The Balaban J connectivity index is 3.17. The van der Waals surface area contributed by atoms with Crippen LogP contribution in [0.15, 0.2) is 0 Å². The fourth-order valence-corrected chi connectivity index (χ4v) is 9.12. The van der Waals surface area contributed by atoms with Crippen LogP contribution in [-0.4, -0.2) is 235 Å². The number of aliphatic hydroxyl groups excluding tert-OH is 1. The zero-order valence-electron chi connectivity index (χ0n) is 46.7. The van der Waals surface area contributed by atoms with Gasteiger partial charge in [-0.2, -0.15) is 75.8 Å². The summed E-state index contributed by atoms with van der Waals surface area (Å²) in [7, 11) is 0. The van der Waals surface area contributed by atoms with E-state index in [4.69, 9.17) is 16.6 Å². The quantitative estimate of drug-likeness (QED) is 0.0255. The van der Waals surface area contributed by atoms with Crippen molar-refractivity contribution >= 4 is 165 Å². The minimum atomic E-state index is -1.73. The maximum Gasteiger partial charge on any atom is 0.327 e. The van der Waals surface area contributed by atoms with Crippen molar-refractivity contribution in [2.45, 2.75) is 145 Å². The van der Waals surface area contributed by atoms with Gasteiger partial charge in [0.05, 0.1) is 25.1 Å². The predicted molar refractivity (Wildman–Crippen MR) is 323 cm³/mol. The number of carbonyl (C=O) groups excluding carboxylic acids is 13. The van der Waals surface area contributed by atoms with E-state index < -0.39 is 205 Å². The van der Waals surface area contributed by atoms with Crippen molar-refractivity contribution in [1.82, 2.24) is 63.4 Å². The number of carboxylic acids is 2. The molecule has 0 aromatic carbocycles. The number of rotatable bonds is 38. The highest BCUT2D eigenvalue weighted by Crippen LogP contribution is 2.20. The molecule has 1 saturated heterocycles. The van der Waals surface area contributed by atoms with Gasteiger partial charge in [-0.05, 0) is 45.4 Å². The summed E-state index contributed by atoms with van der Waals surface area (Å²) in [5.74, 6) is -17.4. The lowest BCUT2D eigenvalue weighted by molar-refractivity contribution is -0.143. The zero-order chi connectivity index (χ0) is 65.0. The van der Waals surface area contributed by atoms with Crippen LogP contribution < -0.4 is 70.0 Å². The molecule has 1 rings (SSSR count). The molecule has 32 nitrogen and oxygen atoms in total. The van der Waals surface area contributed by atoms with Crippen LogP contribution in [-0.2, 0) is 71.9 Å². The van der Waals surface area contributed by atoms with E-state index in [1.165, 1.54) is 6.92 Å². The molecule has 1 aliphatic rings. The van der Waals surface area contributed by atoms with Crippen LogP contribution in [0.25, 0.3) is 0 Å². The summed E-state index contributed by atoms with van der Waals surface area (Å²) in [6.07, 6.45) is -3.23. The largest absolute Gasteiger partial charge is 0.481 e. The third-order valence-corrected chi connectivity index (χ3v) is 14.5. The molecule has 0 aliphatic carbocycles. The average molecular weight is 1320 g/mol. The fraction of sp³-hybridized carbons (Fsp3) is 0.681. The highest BCUT2D eigenvalue weighted by molar-refractivity contribution is 7.81. The normalized spacial score (nSPS) is 17.1. The number of primary amides is 1. The summed E-state index contributed by atoms with van der Waals surface area (Å²) in [5, 5.41) is 54.4. The molecule has 0 unspecified atom stereocenters. The first kappa shape index (κ1) is 77.1. The lowest BCUT2D eigenvalue weighted by Gasteiger charge is -2.30. The SMILES string of the molecule is CC(C)C[C@H](NC(=O)[C@H](CCC(=O)O)NC(=O)[C@H](CS)NC(=O)[C@H](N)CS)C(=O)N[C@@H](CS)C(=O)N[C@@H](CS)C(=O)N[C@@H](CC(N)=O)C(=O)N1CCC[C@H]1C(=O)N[C@@H](C)C(=O)N[C@@H](CS)C(=O)N[C@H](C(=O)NCC(=O)N[C@@H](CS)C(=O)O)[C@@H](C)O. The standard InChI is InChI=1S/C47H78N14O18S6/c1-19(2)10-24(54-38(69)23(7-8-34(65)66)53-40(71)26(14-81)57-37(68)22(48)13-80)39(70)58-28(16-83)42(73)59-27(15-82)41(72)55-25(11-32(49)63)46(77)61-9-5-6-31(61)44(75)51-20(3)36(67)56-29(17-84)43(74)60-35(21(4)62)45(76)50-12-33(64)52-30(18-85)47(78)79/h19-31,35,62,80-85H,5-18,48H2,1-4H3,(H2,49,63)(H,50,76)(H,51,75)(H,52,64)(H,53,71)(H,54,69)(H,55,72)(H,56,67)(H,57,68)(H,58,70)(H,59,73)(H,60,74)(H,65,66)(H,78,79)/t20-,21+,22+,23-,24-,25-,26-,27-,28-,29-,30-,31-,35-/m0/s1. The monoisotopic (exact) mass is 1320 g/mol. The van der Waals surface area contributed by atoms with Gasteiger partial charge in [-0.15, -0.1) is 0 Å². The zero-order valence-corrected chi connectivity index (χ0v) is 52.1. The molecule has 0 spiro atoms. The molecule has 1 aliphatic heterocycles. The van der Waals surface area contributed by atoms with E-state index >= 15 is 0 Å². The Morgan fingerprint density at radius 3 is 1.41 bits per heavy atom. The molecular formula is C47H78N14O18S6. The molecule has 1 fully saturated rings. The van der Waals surface area contributed by atoms with Crippen LogP contribution >= 0.6 is 75.8 Å². The molecule has 0 aromatic heterocycles. The summed E-state index contributed by atoms with van der Waals surface area (Å²) in [4.78, 5) is 196. The van der Waals surface area contributed by atoms with Crippen molar-refractivity contribution in [3.63, 3.8) is 0 Å². The summed E-state index contributed by atoms with van der Waals surface area (Å²) in [5.41, 5.74) is 11.1. The van der Waals surface area contributed by atoms with Crippen molar-refractivity contribution in [2.24, 2.45) is 17.4 Å². The number of hydrogen-bond donors (Lipinski definition) is 22. The Labute approximate surface area is 522 Å². The Hall–Kier alpha value is -5.93. The number of nitrogens with two attached hydrogens (primary N) is 2. The van der Waals surface area contributed by atoms with E-state index in [1.807, 2.05) is 0 Å². The minimum Gasteiger partial charge on any atom is -0.481 e. The Morgan fingerprint density at radius 2 is 0.965 bits per heavy atom. The van der Waals surface area contributed by atoms with Gasteiger partial charge in [0, 0.05) is 47.5 Å². The highest BCUT2D eigenvalue weighted by Gasteiger charge is 2.41. The van der Waals surface area contributed by atoms with Crippen LogP contribution in [0.3, 0.4) is 0 Å². The number of hydrogen-bond acceptors (Lipinski definition) is 23. The third-order valence-electron chi connectivity index (χ3n) is 12.3. The van der Waals surface area contributed by atoms with Crippen LogP contribution in [0.4, 0.5) is 0 Å². The molecule has 0 saturated carbocycles. The van der Waals surface area contributed by atoms with Gasteiger partial charge >= 0.3 is 11.9 Å². The lowest BCUT2D eigenvalue weighted by Crippen LogP contribution is -2.61. The van der Waals surface area contributed by atoms with Gasteiger partial charge in [0.15, 0.2) is 0 Å². The summed E-state index contributed by atoms with van der Waals surface area (Å²) in [6, 6.07) is -17.4. The minimum absolute atomic E-state index is 0.0330. The topological polar surface area (TPSA) is 504 Å². The Bertz CT molecular complexity index is 2420. The molecule has 0 radical (unpaired) electrons. The van der Waals surface area contributed by atoms with Crippen molar-refractivity contribution in [1.29, 1.82) is 0 Å². The highest BCUT2D eigenvalue weighted by atomic mass is 32.1. The van der Waals surface area contributed by atoms with Crippen molar-refractivity contribution in [3.05, 3.63) is 0 Å². The molecular weight excluding hydrogens is 1240 g/mol. The van der Waals surface area contributed by atoms with Gasteiger partial charge < -0.3 is 90.2 Å². The van der Waals surface area contributed by atoms with Gasteiger partial charge in [-0.1, -0.05) is 13.8 Å². The number of nitrogens with one attached hydrogen (secondary N) is 11. The molecule has 85 heavy (non-hydrogen) atoms. The van der Waals surface area contributed by atoms with Crippen LogP contribution in [0.1, 0.15) is 66.2 Å². The smallest absolute Gasteiger partial charge is 0.327 e. The van der Waals surface area contributed by atoms with Crippen molar-refractivity contribution in [2.75, 3.05) is 47.6 Å². The third kappa shape index (κ3) is 26.7. The molecule has 0 bridgehead atoms. The van der Waals surface area contributed by atoms with Gasteiger partial charge in [-0.3, -0.25) is 67.1 Å². The number of carbonyl (C=O) groups is 15. The van der Waals surface area contributed by atoms with E-state index in [0.29, 0.717) is 0 Å². The van der Waals surface area contributed by atoms with Crippen LogP contribution in [0.5, 0.6) is 0 Å². The maximum absolute atomic E-state index is 14.1. The molecule has 13 amide bonds. The molecule has 18 N–H and O–H groups in total. The molecule has 480 valence electrons. The van der Waals surface area contributed by atoms with E-state index in [-0.39, 0.29) is 54.7 Å². The number of thiol groups is 6. The summed E-state index contributed by atoms with van der Waals surface area (Å²) >= 11 is 24.3. The average Bonchev–Trinajstić information content (AvgIpc) is 3.74. The number of amides is 13. The van der Waals surface area contributed by atoms with E-state index in [2.05, 4.69) is 134 Å². The first-order chi connectivity index (χ1) is 39.8. The maximum atomic E-state index is 14.1. The molecule has 0 aromatic rings. The van der Waals surface area contributed by atoms with E-state index in [9.17, 15) is 82.1 Å². The fourth-order valence-electron chi connectivity index (χ4n) is 7.68. The second-order valence-corrected chi connectivity index (χ2v) is 21.9. The Kier molecular flexibility index (Phi) is 35.3. The number of likely N-dealkylation sites (tertiary alicyclic amines) is 1. The number of aliphatic carboxylic acids is 2. The van der Waals surface area contributed by atoms with Crippen molar-refractivity contribution in [3.8, 4) is 0 Å². The van der Waals surface area contributed by atoms with Gasteiger partial charge in [0.1, 0.15) is 66.5 Å². The van der Waals surface area contributed by atoms with Gasteiger partial charge in [0.2, 0.25) is 76.8 Å². The summed E-state index contributed by atoms with van der Waals surface area (Å²) in [6.45, 7) is 4.94. The number of nitrogens with zero attached hydrogens (tertiary/aromatic N) is 1. The molecule has 38 heteroatoms. The second kappa shape index (κ2) is 39.0. The molecule has 13 atom stereocenters. The molecule has 1 heterocycles. The van der Waals surface area contributed by atoms with Gasteiger partial charge in [-0.25, -0.2) is 4.79 Å². The first-order valence-corrected chi connectivity index (χ1v) is 30.0. The number of carboxylic acid groups (broad SMARTS) is 2. The summed E-state index contributed by atoms with van der Waals surface area (Å²) < 4.78 is 0. The predicted octanol–water partition coefficient (Wildman–Crippen LogP) is -7.88. The van der Waals surface area contributed by atoms with E-state index in [0.717, 1.165) is 11.8 Å². The van der Waals surface area contributed by atoms with Crippen LogP contribution in [0, 0.1) is 5.92 Å².